The van der Waals surface area contributed by atoms with E-state index in [1.54, 1.807) is 6.20 Å². The van der Waals surface area contributed by atoms with E-state index in [-0.39, 0.29) is 5.91 Å². The summed E-state index contributed by atoms with van der Waals surface area (Å²) in [5.74, 6) is 1.40. The number of nitrogens with one attached hydrogen (secondary N) is 1. The van der Waals surface area contributed by atoms with Crippen molar-refractivity contribution in [3.63, 3.8) is 0 Å². The van der Waals surface area contributed by atoms with Crippen LogP contribution in [0, 0.1) is 5.92 Å². The highest BCUT2D eigenvalue weighted by Gasteiger charge is 2.15. The normalized spacial score (nSPS) is 16.5. The Balaban J connectivity index is 1.91. The maximum absolute atomic E-state index is 11.7. The fourth-order valence-corrected chi connectivity index (χ4v) is 2.27. The molecule has 2 heterocycles. The number of anilines is 2. The largest absolute Gasteiger partial charge is 0.354 e. The van der Waals surface area contributed by atoms with E-state index in [0.29, 0.717) is 12.3 Å². The Bertz CT molecular complexity index is 436. The van der Waals surface area contributed by atoms with Gasteiger partial charge in [-0.3, -0.25) is 4.79 Å². The number of aromatic nitrogens is 1. The molecule has 0 bridgehead atoms. The highest BCUT2D eigenvalue weighted by molar-refractivity contribution is 5.90. The van der Waals surface area contributed by atoms with Gasteiger partial charge in [0.25, 0.3) is 0 Å². The second-order valence-corrected chi connectivity index (χ2v) is 5.84. The molecule has 20 heavy (non-hydrogen) atoms. The topological polar surface area (TPSA) is 48.5 Å². The van der Waals surface area contributed by atoms with Crippen LogP contribution < -0.4 is 10.2 Å². The van der Waals surface area contributed by atoms with E-state index in [2.05, 4.69) is 27.1 Å². The molecule has 1 saturated heterocycles. The minimum Gasteiger partial charge on any atom is -0.354 e. The number of rotatable bonds is 4. The summed E-state index contributed by atoms with van der Waals surface area (Å²) in [7, 11) is 2.14. The Morgan fingerprint density at radius 3 is 2.55 bits per heavy atom. The third-order valence-corrected chi connectivity index (χ3v) is 3.45. The van der Waals surface area contributed by atoms with Gasteiger partial charge in [-0.1, -0.05) is 13.8 Å². The summed E-state index contributed by atoms with van der Waals surface area (Å²) in [5.41, 5.74) is 0.772. The Labute approximate surface area is 121 Å². The van der Waals surface area contributed by atoms with Crippen LogP contribution in [0.4, 0.5) is 11.5 Å². The minimum absolute atomic E-state index is 0.0501. The molecular formula is C15H24N4O. The molecule has 0 atom stereocenters. The second kappa shape index (κ2) is 6.70. The number of piperazine rings is 1. The first-order valence-corrected chi connectivity index (χ1v) is 7.24. The summed E-state index contributed by atoms with van der Waals surface area (Å²) in [6, 6.07) is 3.91. The molecular weight excluding hydrogens is 252 g/mol. The number of carbonyl (C=O) groups excluding carboxylic acids is 1. The van der Waals surface area contributed by atoms with Crippen LogP contribution in [0.5, 0.6) is 0 Å². The molecule has 1 aliphatic rings. The van der Waals surface area contributed by atoms with Gasteiger partial charge in [-0.15, -0.1) is 0 Å². The lowest BCUT2D eigenvalue weighted by atomic mass is 10.1. The lowest BCUT2D eigenvalue weighted by molar-refractivity contribution is -0.116. The first kappa shape index (κ1) is 14.8. The van der Waals surface area contributed by atoms with Gasteiger partial charge >= 0.3 is 0 Å². The number of pyridine rings is 1. The highest BCUT2D eigenvalue weighted by atomic mass is 16.1. The van der Waals surface area contributed by atoms with E-state index < -0.39 is 0 Å². The summed E-state index contributed by atoms with van der Waals surface area (Å²) in [5, 5.41) is 2.88. The van der Waals surface area contributed by atoms with Crippen LogP contribution in [0.3, 0.4) is 0 Å². The zero-order chi connectivity index (χ0) is 14.5. The van der Waals surface area contributed by atoms with E-state index in [1.165, 1.54) is 0 Å². The van der Waals surface area contributed by atoms with Crippen LogP contribution in [0.2, 0.25) is 0 Å². The van der Waals surface area contributed by atoms with Crippen LogP contribution >= 0.6 is 0 Å². The molecule has 1 amide bonds. The van der Waals surface area contributed by atoms with Crippen LogP contribution in [-0.2, 0) is 4.79 Å². The SMILES string of the molecule is CC(C)CC(=O)Nc1ccc(N2CCN(C)CC2)nc1. The molecule has 1 N–H and O–H groups in total. The van der Waals surface area contributed by atoms with Crippen molar-refractivity contribution in [3.8, 4) is 0 Å². The lowest BCUT2D eigenvalue weighted by Gasteiger charge is -2.33. The van der Waals surface area contributed by atoms with E-state index in [0.717, 1.165) is 37.7 Å². The van der Waals surface area contributed by atoms with Crippen molar-refractivity contribution in [1.82, 2.24) is 9.88 Å². The van der Waals surface area contributed by atoms with Crippen molar-refractivity contribution < 1.29 is 4.79 Å². The first-order valence-electron chi connectivity index (χ1n) is 7.24. The minimum atomic E-state index is 0.0501. The zero-order valence-corrected chi connectivity index (χ0v) is 12.6. The van der Waals surface area contributed by atoms with Gasteiger partial charge in [-0.05, 0) is 25.1 Å². The van der Waals surface area contributed by atoms with Crippen molar-refractivity contribution in [2.24, 2.45) is 5.92 Å². The summed E-state index contributed by atoms with van der Waals surface area (Å²) in [6.45, 7) is 8.21. The quantitative estimate of drug-likeness (QED) is 0.911. The molecule has 110 valence electrons. The van der Waals surface area contributed by atoms with Gasteiger partial charge in [-0.2, -0.15) is 0 Å². The predicted molar refractivity (Wildman–Crippen MR) is 82.0 cm³/mol. The third kappa shape index (κ3) is 4.20. The Morgan fingerprint density at radius 2 is 2.00 bits per heavy atom. The molecule has 2 rings (SSSR count). The molecule has 5 nitrogen and oxygen atoms in total. The van der Waals surface area contributed by atoms with Crippen molar-refractivity contribution in [3.05, 3.63) is 18.3 Å². The number of hydrogen-bond acceptors (Lipinski definition) is 4. The van der Waals surface area contributed by atoms with Gasteiger partial charge in [0, 0.05) is 32.6 Å². The van der Waals surface area contributed by atoms with Crippen molar-refractivity contribution in [1.29, 1.82) is 0 Å². The average molecular weight is 276 g/mol. The van der Waals surface area contributed by atoms with Gasteiger partial charge in [0.2, 0.25) is 5.91 Å². The van der Waals surface area contributed by atoms with Crippen molar-refractivity contribution in [2.75, 3.05) is 43.4 Å². The smallest absolute Gasteiger partial charge is 0.224 e. The molecule has 0 saturated carbocycles. The Hall–Kier alpha value is -1.62. The zero-order valence-electron chi connectivity index (χ0n) is 12.6. The number of amides is 1. The molecule has 1 aliphatic heterocycles. The van der Waals surface area contributed by atoms with Crippen molar-refractivity contribution in [2.45, 2.75) is 20.3 Å². The summed E-state index contributed by atoms with van der Waals surface area (Å²) < 4.78 is 0. The maximum atomic E-state index is 11.7. The number of hydrogen-bond donors (Lipinski definition) is 1. The van der Waals surface area contributed by atoms with Crippen LogP contribution in [0.1, 0.15) is 20.3 Å². The summed E-state index contributed by atoms with van der Waals surface area (Å²) >= 11 is 0. The lowest BCUT2D eigenvalue weighted by Crippen LogP contribution is -2.44. The fraction of sp³-hybridized carbons (Fsp3) is 0.600. The maximum Gasteiger partial charge on any atom is 0.224 e. The third-order valence-electron chi connectivity index (χ3n) is 3.45. The summed E-state index contributed by atoms with van der Waals surface area (Å²) in [4.78, 5) is 20.7. The van der Waals surface area contributed by atoms with Gasteiger partial charge in [0.15, 0.2) is 0 Å². The molecule has 0 spiro atoms. The number of nitrogens with zero attached hydrogens (tertiary/aromatic N) is 3. The van der Waals surface area contributed by atoms with Gasteiger partial charge in [-0.25, -0.2) is 4.98 Å². The van der Waals surface area contributed by atoms with E-state index in [4.69, 9.17) is 0 Å². The van der Waals surface area contributed by atoms with Gasteiger partial charge in [0.05, 0.1) is 11.9 Å². The molecule has 0 aromatic carbocycles. The second-order valence-electron chi connectivity index (χ2n) is 5.84. The van der Waals surface area contributed by atoms with E-state index >= 15 is 0 Å². The van der Waals surface area contributed by atoms with Crippen LogP contribution in [0.25, 0.3) is 0 Å². The van der Waals surface area contributed by atoms with Crippen LogP contribution in [-0.4, -0.2) is 49.0 Å². The Morgan fingerprint density at radius 1 is 1.30 bits per heavy atom. The fourth-order valence-electron chi connectivity index (χ4n) is 2.27. The molecule has 0 radical (unpaired) electrons. The van der Waals surface area contributed by atoms with Crippen LogP contribution in [0.15, 0.2) is 18.3 Å². The number of likely N-dealkylation sites (N-methyl/N-ethyl adjacent to an activating group) is 1. The van der Waals surface area contributed by atoms with Gasteiger partial charge in [0.1, 0.15) is 5.82 Å². The number of carbonyl (C=O) groups is 1. The Kier molecular flexibility index (Phi) is 4.95. The molecule has 0 unspecified atom stereocenters. The van der Waals surface area contributed by atoms with Gasteiger partial charge < -0.3 is 15.1 Å². The van der Waals surface area contributed by atoms with Crippen molar-refractivity contribution >= 4 is 17.4 Å². The predicted octanol–water partition coefficient (Wildman–Crippen LogP) is 1.82. The van der Waals surface area contributed by atoms with E-state index in [9.17, 15) is 4.79 Å². The molecule has 0 aliphatic carbocycles. The molecule has 1 aromatic rings. The molecule has 1 fully saturated rings. The standard InChI is InChI=1S/C15H24N4O/c1-12(2)10-15(20)17-13-4-5-14(16-11-13)19-8-6-18(3)7-9-19/h4-5,11-12H,6-10H2,1-3H3,(H,17,20). The average Bonchev–Trinajstić information content (AvgIpc) is 2.39. The molecule has 1 aromatic heterocycles. The first-order chi connectivity index (χ1) is 9.54. The van der Waals surface area contributed by atoms with E-state index in [1.807, 2.05) is 26.0 Å². The monoisotopic (exact) mass is 276 g/mol. The molecule has 5 heteroatoms. The highest BCUT2D eigenvalue weighted by Crippen LogP contribution is 2.16. The summed E-state index contributed by atoms with van der Waals surface area (Å²) in [6.07, 6.45) is 2.28.